The predicted molar refractivity (Wildman–Crippen MR) is 82.9 cm³/mol. The average molecular weight is 320 g/mol. The van der Waals surface area contributed by atoms with Crippen molar-refractivity contribution in [3.63, 3.8) is 0 Å². The molecule has 0 saturated carbocycles. The first kappa shape index (κ1) is 17.5. The number of allylic oxidation sites excluding steroid dienone is 1. The number of aliphatic hydroxyl groups is 1. The Morgan fingerprint density at radius 2 is 2.35 bits per heavy atom. The van der Waals surface area contributed by atoms with Gasteiger partial charge in [0.2, 0.25) is 5.91 Å². The lowest BCUT2D eigenvalue weighted by Crippen LogP contribution is -2.57. The van der Waals surface area contributed by atoms with E-state index in [-0.39, 0.29) is 24.7 Å². The molecule has 0 aromatic heterocycles. The number of carbonyl (C=O) groups is 2. The van der Waals surface area contributed by atoms with Gasteiger partial charge in [-0.1, -0.05) is 12.2 Å². The minimum Gasteiger partial charge on any atom is -0.458 e. The van der Waals surface area contributed by atoms with E-state index in [0.29, 0.717) is 6.47 Å². The van der Waals surface area contributed by atoms with Crippen molar-refractivity contribution in [2.24, 2.45) is 11.3 Å². The van der Waals surface area contributed by atoms with Crippen molar-refractivity contribution in [1.29, 1.82) is 5.26 Å². The second-order valence-electron chi connectivity index (χ2n) is 6.78. The highest BCUT2D eigenvalue weighted by Gasteiger charge is 2.64. The van der Waals surface area contributed by atoms with Crippen LogP contribution in [0.2, 0.25) is 0 Å². The third-order valence-corrected chi connectivity index (χ3v) is 5.58. The van der Waals surface area contributed by atoms with Gasteiger partial charge in [0.1, 0.15) is 5.60 Å². The third-order valence-electron chi connectivity index (χ3n) is 5.58. The van der Waals surface area contributed by atoms with Crippen LogP contribution in [0.1, 0.15) is 46.0 Å². The van der Waals surface area contributed by atoms with E-state index >= 15 is 0 Å². The van der Waals surface area contributed by atoms with Crippen LogP contribution in [-0.4, -0.2) is 35.2 Å². The molecular formula is C17H24N2O4. The first-order valence-electron chi connectivity index (χ1n) is 8.05. The standard InChI is InChI=1S/C17H24N2O4/c1-16(9-6-10-18)15(22)19-14(17(16,2)23-11-20)13(21)12-7-4-3-5-8-12/h4,7,11-14,21H,3,5-6,8-9H2,1-2H3,(H,19,22)/t12-,13+,14-,16+,17-/m1/s1. The quantitative estimate of drug-likeness (QED) is 0.570. The van der Waals surface area contributed by atoms with E-state index in [1.54, 1.807) is 13.8 Å². The highest BCUT2D eigenvalue weighted by atomic mass is 16.5. The maximum absolute atomic E-state index is 12.5. The van der Waals surface area contributed by atoms with E-state index < -0.39 is 23.2 Å². The first-order chi connectivity index (χ1) is 10.9. The Kier molecular flexibility index (Phi) is 5.10. The number of aliphatic hydroxyl groups excluding tert-OH is 1. The predicted octanol–water partition coefficient (Wildman–Crippen LogP) is 1.44. The largest absolute Gasteiger partial charge is 0.458 e. The summed E-state index contributed by atoms with van der Waals surface area (Å²) in [5.74, 6) is -0.372. The Bertz CT molecular complexity index is 541. The second-order valence-corrected chi connectivity index (χ2v) is 6.78. The van der Waals surface area contributed by atoms with Crippen LogP contribution >= 0.6 is 0 Å². The third kappa shape index (κ3) is 2.86. The molecule has 1 fully saturated rings. The summed E-state index contributed by atoms with van der Waals surface area (Å²) in [6.07, 6.45) is 6.39. The number of carbonyl (C=O) groups excluding carboxylic acids is 2. The molecule has 23 heavy (non-hydrogen) atoms. The monoisotopic (exact) mass is 320 g/mol. The number of nitriles is 1. The minimum atomic E-state index is -1.20. The van der Waals surface area contributed by atoms with Gasteiger partial charge >= 0.3 is 0 Å². The molecule has 0 spiro atoms. The molecule has 1 saturated heterocycles. The molecule has 0 unspecified atom stereocenters. The normalized spacial score (nSPS) is 37.7. The van der Waals surface area contributed by atoms with Crippen LogP contribution in [0.25, 0.3) is 0 Å². The highest BCUT2D eigenvalue weighted by molar-refractivity contribution is 5.87. The van der Waals surface area contributed by atoms with Gasteiger partial charge in [-0.25, -0.2) is 0 Å². The lowest BCUT2D eigenvalue weighted by molar-refractivity contribution is -0.163. The number of ether oxygens (including phenoxy) is 1. The molecule has 2 aliphatic rings. The summed E-state index contributed by atoms with van der Waals surface area (Å²) < 4.78 is 5.34. The summed E-state index contributed by atoms with van der Waals surface area (Å²) in [4.78, 5) is 23.6. The summed E-state index contributed by atoms with van der Waals surface area (Å²) in [5, 5.41) is 22.4. The van der Waals surface area contributed by atoms with Crippen LogP contribution in [0.5, 0.6) is 0 Å². The van der Waals surface area contributed by atoms with Gasteiger partial charge in [-0.15, -0.1) is 0 Å². The van der Waals surface area contributed by atoms with Crippen LogP contribution in [0.4, 0.5) is 0 Å². The summed E-state index contributed by atoms with van der Waals surface area (Å²) in [7, 11) is 0. The topological polar surface area (TPSA) is 99.4 Å². The van der Waals surface area contributed by atoms with Gasteiger partial charge in [-0.2, -0.15) is 5.26 Å². The van der Waals surface area contributed by atoms with Crippen molar-refractivity contribution < 1.29 is 19.4 Å². The smallest absolute Gasteiger partial charge is 0.293 e. The fraction of sp³-hybridized carbons (Fsp3) is 0.706. The summed E-state index contributed by atoms with van der Waals surface area (Å²) in [6.45, 7) is 3.67. The molecule has 1 aliphatic heterocycles. The zero-order chi connectivity index (χ0) is 17.1. The minimum absolute atomic E-state index is 0.0815. The Labute approximate surface area is 136 Å². The van der Waals surface area contributed by atoms with Gasteiger partial charge in [0.15, 0.2) is 0 Å². The van der Waals surface area contributed by atoms with Crippen molar-refractivity contribution in [3.05, 3.63) is 12.2 Å². The van der Waals surface area contributed by atoms with Gasteiger partial charge in [0, 0.05) is 12.3 Å². The first-order valence-corrected chi connectivity index (χ1v) is 8.05. The van der Waals surface area contributed by atoms with Gasteiger partial charge in [0.25, 0.3) is 6.47 Å². The Morgan fingerprint density at radius 1 is 1.61 bits per heavy atom. The highest BCUT2D eigenvalue weighted by Crippen LogP contribution is 2.47. The molecule has 0 bridgehead atoms. The number of nitrogens with zero attached hydrogens (tertiary/aromatic N) is 1. The fourth-order valence-corrected chi connectivity index (χ4v) is 3.76. The van der Waals surface area contributed by atoms with Crippen LogP contribution in [0, 0.1) is 22.7 Å². The Morgan fingerprint density at radius 3 is 2.91 bits per heavy atom. The molecule has 126 valence electrons. The molecule has 0 aromatic rings. The fourth-order valence-electron chi connectivity index (χ4n) is 3.76. The Hall–Kier alpha value is -1.87. The SMILES string of the molecule is C[C@]1(CCC#N)C(=O)N[C@H]([C@@H](O)[C@@H]2C=CCCC2)[C@@]1(C)OC=O. The Balaban J connectivity index is 2.33. The summed E-state index contributed by atoms with van der Waals surface area (Å²) in [6, 6.07) is 1.33. The van der Waals surface area contributed by atoms with Gasteiger partial charge in [-0.3, -0.25) is 9.59 Å². The average Bonchev–Trinajstić information content (AvgIpc) is 2.75. The van der Waals surface area contributed by atoms with Crippen LogP contribution < -0.4 is 5.32 Å². The van der Waals surface area contributed by atoms with Gasteiger partial charge in [-0.05, 0) is 39.5 Å². The number of nitrogens with one attached hydrogen (secondary N) is 1. The number of hydrogen-bond acceptors (Lipinski definition) is 5. The molecule has 1 aliphatic carbocycles. The molecule has 6 heteroatoms. The number of amides is 1. The maximum Gasteiger partial charge on any atom is 0.293 e. The van der Waals surface area contributed by atoms with E-state index in [2.05, 4.69) is 5.32 Å². The van der Waals surface area contributed by atoms with E-state index in [1.165, 1.54) is 0 Å². The van der Waals surface area contributed by atoms with Crippen molar-refractivity contribution >= 4 is 12.4 Å². The van der Waals surface area contributed by atoms with Gasteiger partial charge in [0.05, 0.1) is 23.6 Å². The van der Waals surface area contributed by atoms with Crippen molar-refractivity contribution in [3.8, 4) is 6.07 Å². The van der Waals surface area contributed by atoms with Crippen LogP contribution in [0.3, 0.4) is 0 Å². The number of rotatable bonds is 6. The lowest BCUT2D eigenvalue weighted by atomic mass is 9.68. The molecule has 0 radical (unpaired) electrons. The molecular weight excluding hydrogens is 296 g/mol. The molecule has 0 aromatic carbocycles. The van der Waals surface area contributed by atoms with Crippen molar-refractivity contribution in [2.75, 3.05) is 0 Å². The maximum atomic E-state index is 12.5. The van der Waals surface area contributed by atoms with Crippen molar-refractivity contribution in [1.82, 2.24) is 5.32 Å². The molecule has 2 N–H and O–H groups in total. The molecule has 1 amide bonds. The molecule has 1 heterocycles. The van der Waals surface area contributed by atoms with E-state index in [4.69, 9.17) is 10.00 Å². The van der Waals surface area contributed by atoms with Crippen LogP contribution in [0.15, 0.2) is 12.2 Å². The van der Waals surface area contributed by atoms with Crippen LogP contribution in [-0.2, 0) is 14.3 Å². The zero-order valence-electron chi connectivity index (χ0n) is 13.6. The summed E-state index contributed by atoms with van der Waals surface area (Å²) >= 11 is 0. The number of hydrogen-bond donors (Lipinski definition) is 2. The van der Waals surface area contributed by atoms with Crippen molar-refractivity contribution in [2.45, 2.75) is 63.7 Å². The molecule has 6 nitrogen and oxygen atoms in total. The second kappa shape index (κ2) is 6.71. The summed E-state index contributed by atoms with van der Waals surface area (Å²) in [5.41, 5.74) is -2.25. The molecule has 2 rings (SSSR count). The van der Waals surface area contributed by atoms with E-state index in [9.17, 15) is 14.7 Å². The van der Waals surface area contributed by atoms with E-state index in [0.717, 1.165) is 19.3 Å². The lowest BCUT2D eigenvalue weighted by Gasteiger charge is -2.42. The zero-order valence-corrected chi connectivity index (χ0v) is 13.6. The molecule has 5 atom stereocenters. The van der Waals surface area contributed by atoms with E-state index in [1.807, 2.05) is 18.2 Å². The van der Waals surface area contributed by atoms with Gasteiger partial charge < -0.3 is 15.2 Å².